The number of urea groups is 1. The van der Waals surface area contributed by atoms with Crippen molar-refractivity contribution in [3.8, 4) is 11.5 Å². The summed E-state index contributed by atoms with van der Waals surface area (Å²) in [6.07, 6.45) is -1.17. The molecule has 2 N–H and O–H groups in total. The highest BCUT2D eigenvalue weighted by molar-refractivity contribution is 5.99. The van der Waals surface area contributed by atoms with Gasteiger partial charge in [0.1, 0.15) is 5.56 Å². The fourth-order valence-corrected chi connectivity index (χ4v) is 1.91. The Morgan fingerprint density at radius 1 is 1.08 bits per heavy atom. The number of amides is 3. The van der Waals surface area contributed by atoms with Crippen LogP contribution in [-0.4, -0.2) is 43.8 Å². The molecule has 1 unspecified atom stereocenters. The summed E-state index contributed by atoms with van der Waals surface area (Å²) in [5.41, 5.74) is -0.390. The van der Waals surface area contributed by atoms with E-state index in [1.807, 2.05) is 0 Å². The van der Waals surface area contributed by atoms with Crippen LogP contribution < -0.4 is 20.1 Å². The van der Waals surface area contributed by atoms with E-state index < -0.39 is 29.6 Å². The molecule has 1 atom stereocenters. The van der Waals surface area contributed by atoms with E-state index in [0.717, 1.165) is 0 Å². The first-order chi connectivity index (χ1) is 11.6. The number of para-hydroxylation sites is 1. The zero-order valence-electron chi connectivity index (χ0n) is 15.3. The fraction of sp³-hybridized carbons (Fsp3) is 0.471. The lowest BCUT2D eigenvalue weighted by Gasteiger charge is -2.21. The number of carbonyl (C=O) groups excluding carboxylic acids is 3. The van der Waals surface area contributed by atoms with Crippen molar-refractivity contribution in [3.05, 3.63) is 23.8 Å². The first kappa shape index (κ1) is 20.3. The summed E-state index contributed by atoms with van der Waals surface area (Å²) >= 11 is 0. The molecule has 1 rings (SSSR count). The van der Waals surface area contributed by atoms with Gasteiger partial charge in [0.25, 0.3) is 5.91 Å². The van der Waals surface area contributed by atoms with Gasteiger partial charge >= 0.3 is 12.0 Å². The molecule has 0 spiro atoms. The number of carbonyl (C=O) groups is 3. The van der Waals surface area contributed by atoms with Crippen LogP contribution in [0, 0.1) is 0 Å². The van der Waals surface area contributed by atoms with E-state index in [1.165, 1.54) is 27.2 Å². The lowest BCUT2D eigenvalue weighted by molar-refractivity contribution is -0.127. The Labute approximate surface area is 146 Å². The number of benzene rings is 1. The van der Waals surface area contributed by atoms with Crippen LogP contribution in [0.1, 0.15) is 38.1 Å². The van der Waals surface area contributed by atoms with Gasteiger partial charge in [0.05, 0.1) is 14.2 Å². The van der Waals surface area contributed by atoms with Gasteiger partial charge in [-0.3, -0.25) is 10.1 Å². The number of methoxy groups -OCH3 is 2. The Morgan fingerprint density at radius 3 is 2.24 bits per heavy atom. The Hall–Kier alpha value is -2.77. The normalized spacial score (nSPS) is 11.9. The Kier molecular flexibility index (Phi) is 6.78. The average molecular weight is 352 g/mol. The fourth-order valence-electron chi connectivity index (χ4n) is 1.91. The molecular weight excluding hydrogens is 328 g/mol. The summed E-state index contributed by atoms with van der Waals surface area (Å²) in [7, 11) is 2.83. The van der Waals surface area contributed by atoms with E-state index in [9.17, 15) is 14.4 Å². The van der Waals surface area contributed by atoms with Gasteiger partial charge in [-0.05, 0) is 39.8 Å². The van der Waals surface area contributed by atoms with Crippen LogP contribution >= 0.6 is 0 Å². The first-order valence-electron chi connectivity index (χ1n) is 7.64. The molecule has 0 aliphatic rings. The zero-order valence-corrected chi connectivity index (χ0v) is 15.3. The molecular formula is C17H24N2O6. The third kappa shape index (κ3) is 5.98. The lowest BCUT2D eigenvalue weighted by atomic mass is 10.1. The number of imide groups is 1. The molecule has 0 saturated heterocycles. The smallest absolute Gasteiger partial charge is 0.342 e. The number of nitrogens with one attached hydrogen (secondary N) is 2. The van der Waals surface area contributed by atoms with Crippen molar-refractivity contribution in [2.45, 2.75) is 39.3 Å². The van der Waals surface area contributed by atoms with Crippen molar-refractivity contribution < 1.29 is 28.6 Å². The second-order valence-electron chi connectivity index (χ2n) is 6.28. The van der Waals surface area contributed by atoms with Crippen LogP contribution in [0.5, 0.6) is 11.5 Å². The monoisotopic (exact) mass is 352 g/mol. The maximum absolute atomic E-state index is 12.3. The van der Waals surface area contributed by atoms with Gasteiger partial charge in [-0.1, -0.05) is 6.07 Å². The summed E-state index contributed by atoms with van der Waals surface area (Å²) in [5, 5.41) is 4.70. The summed E-state index contributed by atoms with van der Waals surface area (Å²) in [5.74, 6) is -0.946. The van der Waals surface area contributed by atoms with Crippen LogP contribution in [0.2, 0.25) is 0 Å². The maximum atomic E-state index is 12.3. The van der Waals surface area contributed by atoms with Crippen molar-refractivity contribution in [2.24, 2.45) is 0 Å². The Balaban J connectivity index is 2.77. The van der Waals surface area contributed by atoms with E-state index >= 15 is 0 Å². The molecule has 0 saturated carbocycles. The maximum Gasteiger partial charge on any atom is 0.342 e. The largest absolute Gasteiger partial charge is 0.493 e. The van der Waals surface area contributed by atoms with Crippen molar-refractivity contribution in [1.29, 1.82) is 0 Å². The topological polar surface area (TPSA) is 103 Å². The lowest BCUT2D eigenvalue weighted by Crippen LogP contribution is -2.50. The van der Waals surface area contributed by atoms with Gasteiger partial charge in [0.2, 0.25) is 0 Å². The molecule has 0 aliphatic carbocycles. The predicted octanol–water partition coefficient (Wildman–Crippen LogP) is 1.87. The van der Waals surface area contributed by atoms with Crippen LogP contribution in [0.3, 0.4) is 0 Å². The van der Waals surface area contributed by atoms with Crippen LogP contribution in [0.4, 0.5) is 4.79 Å². The molecule has 0 aromatic heterocycles. The highest BCUT2D eigenvalue weighted by Gasteiger charge is 2.25. The van der Waals surface area contributed by atoms with Crippen molar-refractivity contribution in [1.82, 2.24) is 10.6 Å². The summed E-state index contributed by atoms with van der Waals surface area (Å²) < 4.78 is 15.4. The molecule has 0 fully saturated rings. The standard InChI is InChI=1S/C17H24N2O6/c1-10(14(20)18-16(22)19-17(2,3)4)25-15(21)11-8-7-9-12(23-5)13(11)24-6/h7-10H,1-6H3,(H2,18,19,20,22). The van der Waals surface area contributed by atoms with Crippen LogP contribution in [0.25, 0.3) is 0 Å². The van der Waals surface area contributed by atoms with E-state index in [-0.39, 0.29) is 11.3 Å². The van der Waals surface area contributed by atoms with E-state index in [2.05, 4.69) is 10.6 Å². The quantitative estimate of drug-likeness (QED) is 0.784. The van der Waals surface area contributed by atoms with Crippen LogP contribution in [0.15, 0.2) is 18.2 Å². The summed E-state index contributed by atoms with van der Waals surface area (Å²) in [6, 6.07) is 4.04. The third-order valence-electron chi connectivity index (χ3n) is 3.00. The number of hydrogen-bond donors (Lipinski definition) is 2. The molecule has 0 heterocycles. The molecule has 3 amide bonds. The second kappa shape index (κ2) is 8.36. The number of hydrogen-bond acceptors (Lipinski definition) is 6. The molecule has 25 heavy (non-hydrogen) atoms. The SMILES string of the molecule is COc1cccc(C(=O)OC(C)C(=O)NC(=O)NC(C)(C)C)c1OC. The molecule has 0 aliphatic heterocycles. The minimum Gasteiger partial charge on any atom is -0.493 e. The van der Waals surface area contributed by atoms with Gasteiger partial charge in [-0.2, -0.15) is 0 Å². The molecule has 8 heteroatoms. The molecule has 0 radical (unpaired) electrons. The Morgan fingerprint density at radius 2 is 1.72 bits per heavy atom. The molecule has 1 aromatic rings. The number of ether oxygens (including phenoxy) is 3. The van der Waals surface area contributed by atoms with Gasteiger partial charge in [-0.15, -0.1) is 0 Å². The van der Waals surface area contributed by atoms with Crippen molar-refractivity contribution in [3.63, 3.8) is 0 Å². The molecule has 8 nitrogen and oxygen atoms in total. The van der Waals surface area contributed by atoms with Crippen molar-refractivity contribution in [2.75, 3.05) is 14.2 Å². The Bertz CT molecular complexity index is 651. The minimum atomic E-state index is -1.17. The number of esters is 1. The molecule has 1 aromatic carbocycles. The van der Waals surface area contributed by atoms with Crippen molar-refractivity contribution >= 4 is 17.9 Å². The highest BCUT2D eigenvalue weighted by Crippen LogP contribution is 2.31. The highest BCUT2D eigenvalue weighted by atomic mass is 16.6. The van der Waals surface area contributed by atoms with E-state index in [1.54, 1.807) is 32.9 Å². The van der Waals surface area contributed by atoms with E-state index in [0.29, 0.717) is 5.75 Å². The van der Waals surface area contributed by atoms with Gasteiger partial charge in [-0.25, -0.2) is 9.59 Å². The minimum absolute atomic E-state index is 0.112. The third-order valence-corrected chi connectivity index (χ3v) is 3.00. The number of rotatable bonds is 5. The van der Waals surface area contributed by atoms with Gasteiger partial charge in [0.15, 0.2) is 17.6 Å². The van der Waals surface area contributed by atoms with Crippen LogP contribution in [-0.2, 0) is 9.53 Å². The summed E-state index contributed by atoms with van der Waals surface area (Å²) in [6.45, 7) is 6.69. The predicted molar refractivity (Wildman–Crippen MR) is 90.9 cm³/mol. The summed E-state index contributed by atoms with van der Waals surface area (Å²) in [4.78, 5) is 36.0. The first-order valence-corrected chi connectivity index (χ1v) is 7.64. The van der Waals surface area contributed by atoms with Gasteiger partial charge < -0.3 is 19.5 Å². The second-order valence-corrected chi connectivity index (χ2v) is 6.28. The molecule has 138 valence electrons. The van der Waals surface area contributed by atoms with Gasteiger partial charge in [0, 0.05) is 5.54 Å². The van der Waals surface area contributed by atoms with E-state index in [4.69, 9.17) is 14.2 Å². The molecule has 0 bridgehead atoms. The average Bonchev–Trinajstić information content (AvgIpc) is 2.51. The zero-order chi connectivity index (χ0) is 19.2.